The molecule has 0 saturated heterocycles. The van der Waals surface area contributed by atoms with E-state index in [1.165, 1.54) is 12.1 Å². The van der Waals surface area contributed by atoms with Crippen molar-refractivity contribution in [2.75, 3.05) is 26.2 Å². The van der Waals surface area contributed by atoms with Crippen molar-refractivity contribution >= 4 is 0 Å². The summed E-state index contributed by atoms with van der Waals surface area (Å²) in [6.07, 6.45) is 4.70. The molecule has 0 aliphatic rings. The van der Waals surface area contributed by atoms with Gasteiger partial charge in [0.05, 0.1) is 18.1 Å². The third-order valence-corrected chi connectivity index (χ3v) is 5.93. The maximum Gasteiger partial charge on any atom is 0.152 e. The lowest BCUT2D eigenvalue weighted by Crippen LogP contribution is -2.27. The van der Waals surface area contributed by atoms with Gasteiger partial charge in [0.1, 0.15) is 11.5 Å². The number of aromatic nitrogens is 2. The van der Waals surface area contributed by atoms with Crippen LogP contribution >= 0.6 is 0 Å². The van der Waals surface area contributed by atoms with Crippen LogP contribution in [0.15, 0.2) is 77.5 Å². The SMILES string of the molecule is CCN(CC)CCCNCc1cnn(-c2ccc(-c3ccc(F)cc3)cc2)c1-c1ccco1. The average Bonchev–Trinajstić information content (AvgIpc) is 3.52. The molecule has 2 heterocycles. The average molecular weight is 447 g/mol. The van der Waals surface area contributed by atoms with E-state index in [4.69, 9.17) is 4.42 Å². The van der Waals surface area contributed by atoms with E-state index in [0.29, 0.717) is 0 Å². The molecule has 1 N–H and O–H groups in total. The van der Waals surface area contributed by atoms with Crippen molar-refractivity contribution in [1.29, 1.82) is 0 Å². The molecule has 0 fully saturated rings. The second-order valence-electron chi connectivity index (χ2n) is 8.02. The van der Waals surface area contributed by atoms with Gasteiger partial charge >= 0.3 is 0 Å². The molecule has 0 atom stereocenters. The highest BCUT2D eigenvalue weighted by atomic mass is 19.1. The van der Waals surface area contributed by atoms with Crippen LogP contribution in [-0.2, 0) is 6.54 Å². The van der Waals surface area contributed by atoms with Crippen LogP contribution in [0.25, 0.3) is 28.3 Å². The van der Waals surface area contributed by atoms with Gasteiger partial charge in [-0.2, -0.15) is 5.10 Å². The van der Waals surface area contributed by atoms with Crippen LogP contribution in [0, 0.1) is 5.82 Å². The van der Waals surface area contributed by atoms with Crippen LogP contribution in [0.1, 0.15) is 25.8 Å². The number of halogens is 1. The van der Waals surface area contributed by atoms with E-state index in [9.17, 15) is 4.39 Å². The molecule has 0 aliphatic carbocycles. The fourth-order valence-electron chi connectivity index (χ4n) is 4.01. The summed E-state index contributed by atoms with van der Waals surface area (Å²) in [6.45, 7) is 9.36. The third kappa shape index (κ3) is 5.59. The van der Waals surface area contributed by atoms with E-state index in [1.54, 1.807) is 18.4 Å². The van der Waals surface area contributed by atoms with Crippen LogP contribution in [0.5, 0.6) is 0 Å². The summed E-state index contributed by atoms with van der Waals surface area (Å²) in [7, 11) is 0. The number of furan rings is 1. The summed E-state index contributed by atoms with van der Waals surface area (Å²) in [5.74, 6) is 0.555. The topological polar surface area (TPSA) is 46.2 Å². The van der Waals surface area contributed by atoms with Crippen LogP contribution in [-0.4, -0.2) is 40.9 Å². The first-order valence-electron chi connectivity index (χ1n) is 11.6. The smallest absolute Gasteiger partial charge is 0.152 e. The normalized spacial score (nSPS) is 11.4. The van der Waals surface area contributed by atoms with E-state index in [2.05, 4.69) is 29.2 Å². The van der Waals surface area contributed by atoms with Crippen LogP contribution in [0.3, 0.4) is 0 Å². The Morgan fingerprint density at radius 2 is 1.67 bits per heavy atom. The lowest BCUT2D eigenvalue weighted by atomic mass is 10.1. The second kappa shape index (κ2) is 11.1. The van der Waals surface area contributed by atoms with Gasteiger partial charge < -0.3 is 14.6 Å². The third-order valence-electron chi connectivity index (χ3n) is 5.93. The zero-order valence-electron chi connectivity index (χ0n) is 19.3. The largest absolute Gasteiger partial charge is 0.463 e. The molecule has 0 amide bonds. The van der Waals surface area contributed by atoms with E-state index < -0.39 is 0 Å². The summed E-state index contributed by atoms with van der Waals surface area (Å²) in [5.41, 5.74) is 4.99. The molecule has 6 heteroatoms. The summed E-state index contributed by atoms with van der Waals surface area (Å²) in [6, 6.07) is 18.5. The summed E-state index contributed by atoms with van der Waals surface area (Å²) in [4.78, 5) is 2.43. The van der Waals surface area contributed by atoms with Gasteiger partial charge in [0.25, 0.3) is 0 Å². The molecular weight excluding hydrogens is 415 g/mol. The van der Waals surface area contributed by atoms with E-state index in [0.717, 1.165) is 73.0 Å². The number of rotatable bonds is 11. The fraction of sp³-hybridized carbons (Fsp3) is 0.296. The van der Waals surface area contributed by atoms with Crippen molar-refractivity contribution in [3.8, 4) is 28.3 Å². The van der Waals surface area contributed by atoms with Gasteiger partial charge in [0, 0.05) is 12.1 Å². The van der Waals surface area contributed by atoms with Gasteiger partial charge in [-0.1, -0.05) is 38.1 Å². The lowest BCUT2D eigenvalue weighted by molar-refractivity contribution is 0.298. The van der Waals surface area contributed by atoms with E-state index in [1.807, 2.05) is 47.3 Å². The van der Waals surface area contributed by atoms with E-state index in [-0.39, 0.29) is 5.82 Å². The van der Waals surface area contributed by atoms with Gasteiger partial charge in [-0.15, -0.1) is 0 Å². The first kappa shape index (κ1) is 23.0. The van der Waals surface area contributed by atoms with E-state index >= 15 is 0 Å². The molecule has 33 heavy (non-hydrogen) atoms. The summed E-state index contributed by atoms with van der Waals surface area (Å²) in [5, 5.41) is 8.22. The van der Waals surface area contributed by atoms with Gasteiger partial charge in [-0.25, -0.2) is 9.07 Å². The Bertz CT molecular complexity index is 1110. The minimum Gasteiger partial charge on any atom is -0.463 e. The number of nitrogens with zero attached hydrogens (tertiary/aromatic N) is 3. The highest BCUT2D eigenvalue weighted by molar-refractivity contribution is 5.66. The van der Waals surface area contributed by atoms with Gasteiger partial charge in [0.15, 0.2) is 5.76 Å². The molecule has 0 saturated carbocycles. The van der Waals surface area contributed by atoms with Crippen LogP contribution < -0.4 is 5.32 Å². The number of benzene rings is 2. The molecule has 2 aromatic carbocycles. The van der Waals surface area contributed by atoms with Gasteiger partial charge in [-0.05, 0) is 80.1 Å². The summed E-state index contributed by atoms with van der Waals surface area (Å²) >= 11 is 0. The highest BCUT2D eigenvalue weighted by Gasteiger charge is 2.16. The molecule has 2 aromatic heterocycles. The molecule has 0 unspecified atom stereocenters. The van der Waals surface area contributed by atoms with Gasteiger partial charge in [0.2, 0.25) is 0 Å². The van der Waals surface area contributed by atoms with Crippen molar-refractivity contribution < 1.29 is 8.81 Å². The predicted molar refractivity (Wildman–Crippen MR) is 131 cm³/mol. The standard InChI is InChI=1S/C27H31FN4O/c1-3-31(4-2)17-6-16-29-19-23-20-30-32(27(23)26-7-5-18-33-26)25-14-10-22(11-15-25)21-8-12-24(28)13-9-21/h5,7-15,18,20,29H,3-4,6,16-17,19H2,1-2H3. The van der Waals surface area contributed by atoms with Crippen molar-refractivity contribution in [1.82, 2.24) is 20.0 Å². The predicted octanol–water partition coefficient (Wildman–Crippen LogP) is 5.76. The van der Waals surface area contributed by atoms with Crippen molar-refractivity contribution in [2.45, 2.75) is 26.8 Å². The molecule has 0 spiro atoms. The minimum atomic E-state index is -0.232. The van der Waals surface area contributed by atoms with Crippen molar-refractivity contribution in [2.24, 2.45) is 0 Å². The first-order valence-corrected chi connectivity index (χ1v) is 11.6. The number of hydrogen-bond donors (Lipinski definition) is 1. The lowest BCUT2D eigenvalue weighted by Gasteiger charge is -2.17. The Morgan fingerprint density at radius 1 is 0.970 bits per heavy atom. The monoisotopic (exact) mass is 446 g/mol. The fourth-order valence-corrected chi connectivity index (χ4v) is 4.01. The molecule has 0 aliphatic heterocycles. The van der Waals surface area contributed by atoms with Crippen molar-refractivity contribution in [3.05, 3.63) is 84.5 Å². The Balaban J connectivity index is 1.50. The quantitative estimate of drug-likeness (QED) is 0.298. The highest BCUT2D eigenvalue weighted by Crippen LogP contribution is 2.28. The number of hydrogen-bond acceptors (Lipinski definition) is 4. The maximum absolute atomic E-state index is 13.2. The summed E-state index contributed by atoms with van der Waals surface area (Å²) < 4.78 is 20.9. The van der Waals surface area contributed by atoms with Gasteiger partial charge in [-0.3, -0.25) is 0 Å². The van der Waals surface area contributed by atoms with Crippen LogP contribution in [0.2, 0.25) is 0 Å². The molecule has 0 bridgehead atoms. The molecule has 0 radical (unpaired) electrons. The zero-order valence-corrected chi connectivity index (χ0v) is 19.3. The molecule has 4 rings (SSSR count). The maximum atomic E-state index is 13.2. The Kier molecular flexibility index (Phi) is 7.70. The van der Waals surface area contributed by atoms with Crippen molar-refractivity contribution in [3.63, 3.8) is 0 Å². The molecular formula is C27H31FN4O. The first-order chi connectivity index (χ1) is 16.2. The number of nitrogens with one attached hydrogen (secondary N) is 1. The van der Waals surface area contributed by atoms with Crippen LogP contribution in [0.4, 0.5) is 4.39 Å². The Hall–Kier alpha value is -3.22. The second-order valence-corrected chi connectivity index (χ2v) is 8.02. The molecule has 5 nitrogen and oxygen atoms in total. The Morgan fingerprint density at radius 3 is 2.30 bits per heavy atom. The molecule has 172 valence electrons. The minimum absolute atomic E-state index is 0.232. The molecule has 4 aromatic rings. The zero-order chi connectivity index (χ0) is 23.0. The Labute approximate surface area is 194 Å².